The van der Waals surface area contributed by atoms with E-state index in [2.05, 4.69) is 37.1 Å². The molecular weight excluding hydrogens is 222 g/mol. The summed E-state index contributed by atoms with van der Waals surface area (Å²) in [6, 6.07) is 16.2. The number of ether oxygens (including phenoxy) is 1. The van der Waals surface area contributed by atoms with Crippen molar-refractivity contribution in [2.75, 3.05) is 4.90 Å². The van der Waals surface area contributed by atoms with E-state index in [9.17, 15) is 0 Å². The van der Waals surface area contributed by atoms with Crippen molar-refractivity contribution in [1.82, 2.24) is 0 Å². The SMILES string of the molecule is CC(C)=CN1c2ccccc2Oc2ccccc21. The summed E-state index contributed by atoms with van der Waals surface area (Å²) in [7, 11) is 0. The Bertz CT molecular complexity index is 566. The second-order valence-corrected chi connectivity index (χ2v) is 4.61. The van der Waals surface area contributed by atoms with E-state index in [4.69, 9.17) is 4.74 Å². The van der Waals surface area contributed by atoms with Crippen molar-refractivity contribution < 1.29 is 4.74 Å². The molecule has 0 radical (unpaired) electrons. The van der Waals surface area contributed by atoms with Crippen LogP contribution in [-0.4, -0.2) is 0 Å². The lowest BCUT2D eigenvalue weighted by atomic mass is 10.1. The van der Waals surface area contributed by atoms with E-state index in [1.807, 2.05) is 36.4 Å². The minimum atomic E-state index is 0.897. The fourth-order valence-corrected chi connectivity index (χ4v) is 2.13. The third-order valence-electron chi connectivity index (χ3n) is 2.86. The number of hydrogen-bond acceptors (Lipinski definition) is 2. The Morgan fingerprint density at radius 1 is 0.889 bits per heavy atom. The number of fused-ring (bicyclic) bond motifs is 2. The molecule has 0 amide bonds. The molecule has 0 saturated carbocycles. The van der Waals surface area contributed by atoms with Gasteiger partial charge < -0.3 is 9.64 Å². The zero-order chi connectivity index (χ0) is 12.5. The molecule has 1 aliphatic heterocycles. The molecule has 0 unspecified atom stereocenters. The molecule has 1 aliphatic rings. The summed E-state index contributed by atoms with van der Waals surface area (Å²) in [5.41, 5.74) is 3.41. The number of nitrogens with zero attached hydrogens (tertiary/aromatic N) is 1. The molecule has 0 aliphatic carbocycles. The Morgan fingerprint density at radius 2 is 1.39 bits per heavy atom. The van der Waals surface area contributed by atoms with Gasteiger partial charge in [-0.05, 0) is 38.1 Å². The molecule has 2 aromatic carbocycles. The van der Waals surface area contributed by atoms with Crippen molar-refractivity contribution >= 4 is 11.4 Å². The van der Waals surface area contributed by atoms with Gasteiger partial charge in [0, 0.05) is 6.20 Å². The third-order valence-corrected chi connectivity index (χ3v) is 2.86. The molecule has 2 heteroatoms. The molecule has 18 heavy (non-hydrogen) atoms. The zero-order valence-corrected chi connectivity index (χ0v) is 10.6. The van der Waals surface area contributed by atoms with E-state index in [1.165, 1.54) is 5.57 Å². The van der Waals surface area contributed by atoms with E-state index in [-0.39, 0.29) is 0 Å². The lowest BCUT2D eigenvalue weighted by Gasteiger charge is -2.30. The van der Waals surface area contributed by atoms with E-state index >= 15 is 0 Å². The minimum absolute atomic E-state index is 0.897. The zero-order valence-electron chi connectivity index (χ0n) is 10.6. The number of hydrogen-bond donors (Lipinski definition) is 0. The van der Waals surface area contributed by atoms with Crippen LogP contribution in [0.15, 0.2) is 60.3 Å². The van der Waals surface area contributed by atoms with E-state index in [0.717, 1.165) is 22.9 Å². The first-order valence-electron chi connectivity index (χ1n) is 6.06. The predicted molar refractivity (Wildman–Crippen MR) is 74.5 cm³/mol. The van der Waals surface area contributed by atoms with Gasteiger partial charge in [-0.3, -0.25) is 0 Å². The van der Waals surface area contributed by atoms with Crippen LogP contribution in [0.5, 0.6) is 11.5 Å². The molecule has 3 rings (SSSR count). The second-order valence-electron chi connectivity index (χ2n) is 4.61. The molecule has 0 spiro atoms. The van der Waals surface area contributed by atoms with Crippen molar-refractivity contribution in [3.8, 4) is 11.5 Å². The van der Waals surface area contributed by atoms with Gasteiger partial charge in [0.2, 0.25) is 0 Å². The molecule has 2 nitrogen and oxygen atoms in total. The maximum Gasteiger partial charge on any atom is 0.151 e. The third kappa shape index (κ3) is 1.76. The lowest BCUT2D eigenvalue weighted by molar-refractivity contribution is 0.476. The normalized spacial score (nSPS) is 12.2. The minimum Gasteiger partial charge on any atom is -0.453 e. The van der Waals surface area contributed by atoms with Crippen LogP contribution in [0.25, 0.3) is 0 Å². The molecule has 0 saturated heterocycles. The Kier molecular flexibility index (Phi) is 2.56. The second kappa shape index (κ2) is 4.22. The number of para-hydroxylation sites is 4. The number of allylic oxidation sites excluding steroid dienone is 1. The molecule has 0 bridgehead atoms. The van der Waals surface area contributed by atoms with Crippen LogP contribution in [0.1, 0.15) is 13.8 Å². The Hall–Kier alpha value is -2.22. The highest BCUT2D eigenvalue weighted by molar-refractivity contribution is 5.79. The molecule has 0 atom stereocenters. The number of rotatable bonds is 1. The van der Waals surface area contributed by atoms with Crippen LogP contribution >= 0.6 is 0 Å². The highest BCUT2D eigenvalue weighted by Crippen LogP contribution is 2.46. The number of anilines is 2. The Morgan fingerprint density at radius 3 is 1.89 bits per heavy atom. The molecule has 1 heterocycles. The van der Waals surface area contributed by atoms with Gasteiger partial charge in [0.15, 0.2) is 11.5 Å². The van der Waals surface area contributed by atoms with Crippen LogP contribution in [0.2, 0.25) is 0 Å². The lowest BCUT2D eigenvalue weighted by Crippen LogP contribution is -2.15. The van der Waals surface area contributed by atoms with E-state index < -0.39 is 0 Å². The van der Waals surface area contributed by atoms with Crippen LogP contribution in [0.4, 0.5) is 11.4 Å². The summed E-state index contributed by atoms with van der Waals surface area (Å²) in [4.78, 5) is 2.18. The fraction of sp³-hybridized carbons (Fsp3) is 0.125. The monoisotopic (exact) mass is 237 g/mol. The van der Waals surface area contributed by atoms with E-state index in [0.29, 0.717) is 0 Å². The van der Waals surface area contributed by atoms with Gasteiger partial charge in [0.25, 0.3) is 0 Å². The summed E-state index contributed by atoms with van der Waals surface area (Å²) < 4.78 is 5.92. The van der Waals surface area contributed by atoms with Crippen LogP contribution in [-0.2, 0) is 0 Å². The topological polar surface area (TPSA) is 12.5 Å². The molecular formula is C16H15NO. The first-order chi connectivity index (χ1) is 8.75. The van der Waals surface area contributed by atoms with Gasteiger partial charge in [0.05, 0.1) is 11.4 Å². The predicted octanol–water partition coefficient (Wildman–Crippen LogP) is 4.85. The van der Waals surface area contributed by atoms with Gasteiger partial charge in [-0.25, -0.2) is 0 Å². The first kappa shape index (κ1) is 10.9. The van der Waals surface area contributed by atoms with Crippen LogP contribution < -0.4 is 9.64 Å². The Balaban J connectivity index is 2.20. The smallest absolute Gasteiger partial charge is 0.151 e. The summed E-state index contributed by atoms with van der Waals surface area (Å²) in [6.07, 6.45) is 2.14. The maximum atomic E-state index is 5.92. The maximum absolute atomic E-state index is 5.92. The van der Waals surface area contributed by atoms with Crippen molar-refractivity contribution in [3.05, 3.63) is 60.3 Å². The molecule has 0 fully saturated rings. The van der Waals surface area contributed by atoms with Crippen LogP contribution in [0.3, 0.4) is 0 Å². The highest BCUT2D eigenvalue weighted by atomic mass is 16.5. The largest absolute Gasteiger partial charge is 0.453 e. The molecule has 90 valence electrons. The summed E-state index contributed by atoms with van der Waals surface area (Å²) in [6.45, 7) is 4.20. The molecule has 2 aromatic rings. The molecule has 0 aromatic heterocycles. The fourth-order valence-electron chi connectivity index (χ4n) is 2.13. The van der Waals surface area contributed by atoms with Gasteiger partial charge >= 0.3 is 0 Å². The summed E-state index contributed by atoms with van der Waals surface area (Å²) in [5, 5.41) is 0. The van der Waals surface area contributed by atoms with Crippen molar-refractivity contribution in [2.24, 2.45) is 0 Å². The van der Waals surface area contributed by atoms with E-state index in [1.54, 1.807) is 0 Å². The highest BCUT2D eigenvalue weighted by Gasteiger charge is 2.21. The quantitative estimate of drug-likeness (QED) is 0.702. The summed E-state index contributed by atoms with van der Waals surface area (Å²) >= 11 is 0. The van der Waals surface area contributed by atoms with Gasteiger partial charge in [0.1, 0.15) is 0 Å². The van der Waals surface area contributed by atoms with Crippen molar-refractivity contribution in [3.63, 3.8) is 0 Å². The standard InChI is InChI=1S/C16H15NO/c1-12(2)11-17-13-7-3-5-9-15(13)18-16-10-6-4-8-14(16)17/h3-11H,1-2H3. The average molecular weight is 237 g/mol. The van der Waals surface area contributed by atoms with Crippen molar-refractivity contribution in [1.29, 1.82) is 0 Å². The average Bonchev–Trinajstić information content (AvgIpc) is 2.38. The Labute approximate surface area is 107 Å². The number of benzene rings is 2. The van der Waals surface area contributed by atoms with Gasteiger partial charge in [-0.1, -0.05) is 29.8 Å². The summed E-state index contributed by atoms with van der Waals surface area (Å²) in [5.74, 6) is 1.79. The first-order valence-corrected chi connectivity index (χ1v) is 6.06. The van der Waals surface area contributed by atoms with Crippen molar-refractivity contribution in [2.45, 2.75) is 13.8 Å². The van der Waals surface area contributed by atoms with Crippen LogP contribution in [0, 0.1) is 0 Å². The van der Waals surface area contributed by atoms with Gasteiger partial charge in [-0.2, -0.15) is 0 Å². The molecule has 0 N–H and O–H groups in total. The van der Waals surface area contributed by atoms with Gasteiger partial charge in [-0.15, -0.1) is 0 Å².